The number of carbonyl (C=O) groups excluding carboxylic acids is 1. The van der Waals surface area contributed by atoms with Gasteiger partial charge in [0.15, 0.2) is 8.96 Å². The topological polar surface area (TPSA) is 20.3 Å². The van der Waals surface area contributed by atoms with Crippen molar-refractivity contribution in [2.24, 2.45) is 5.41 Å². The fourth-order valence-corrected chi connectivity index (χ4v) is 3.50. The van der Waals surface area contributed by atoms with Crippen LogP contribution in [0.5, 0.6) is 0 Å². The molecule has 0 aromatic rings. The zero-order valence-electron chi connectivity index (χ0n) is 9.70. The van der Waals surface area contributed by atoms with Crippen molar-refractivity contribution in [1.29, 1.82) is 0 Å². The van der Waals surface area contributed by atoms with Crippen LogP contribution in [0.2, 0.25) is 12.6 Å². The second-order valence-electron chi connectivity index (χ2n) is 4.83. The number of carbonyl (C=O) groups is 1. The van der Waals surface area contributed by atoms with Crippen LogP contribution in [0.3, 0.4) is 0 Å². The molecular formula is C9H17F3NOSi. The van der Waals surface area contributed by atoms with E-state index in [1.807, 2.05) is 20.8 Å². The highest BCUT2D eigenvalue weighted by Gasteiger charge is 2.43. The van der Waals surface area contributed by atoms with Gasteiger partial charge in [-0.2, -0.15) is 13.2 Å². The van der Waals surface area contributed by atoms with E-state index in [2.05, 4.69) is 0 Å². The molecule has 0 fully saturated rings. The summed E-state index contributed by atoms with van der Waals surface area (Å²) >= 11 is 0. The highest BCUT2D eigenvalue weighted by atomic mass is 28.3. The summed E-state index contributed by atoms with van der Waals surface area (Å²) in [7, 11) is -0.210. The van der Waals surface area contributed by atoms with Gasteiger partial charge < -0.3 is 4.57 Å². The molecule has 89 valence electrons. The number of hydrogen-bond acceptors (Lipinski definition) is 1. The van der Waals surface area contributed by atoms with E-state index in [-0.39, 0.29) is 5.41 Å². The lowest BCUT2D eigenvalue weighted by atomic mass is 10.0. The van der Waals surface area contributed by atoms with Crippen LogP contribution in [-0.4, -0.2) is 32.7 Å². The molecule has 0 atom stereocenters. The average molecular weight is 240 g/mol. The van der Waals surface area contributed by atoms with Crippen molar-refractivity contribution in [2.75, 3.05) is 7.05 Å². The molecule has 0 aliphatic carbocycles. The van der Waals surface area contributed by atoms with Gasteiger partial charge in [0.05, 0.1) is 0 Å². The molecule has 15 heavy (non-hydrogen) atoms. The van der Waals surface area contributed by atoms with E-state index >= 15 is 0 Å². The zero-order chi connectivity index (χ0) is 12.4. The molecular weight excluding hydrogens is 223 g/mol. The molecule has 0 saturated heterocycles. The first-order chi connectivity index (χ1) is 6.45. The van der Waals surface area contributed by atoms with Gasteiger partial charge in [-0.25, -0.2) is 0 Å². The van der Waals surface area contributed by atoms with Crippen molar-refractivity contribution in [3.05, 3.63) is 0 Å². The number of amides is 1. The molecule has 0 saturated carbocycles. The summed E-state index contributed by atoms with van der Waals surface area (Å²) in [5.41, 5.74) is -0.0524. The molecule has 1 radical (unpaired) electrons. The van der Waals surface area contributed by atoms with Crippen LogP contribution in [-0.2, 0) is 4.79 Å². The van der Waals surface area contributed by atoms with Crippen LogP contribution < -0.4 is 0 Å². The minimum atomic E-state index is -4.75. The van der Waals surface area contributed by atoms with Gasteiger partial charge in [0, 0.05) is 7.05 Å². The van der Waals surface area contributed by atoms with Crippen molar-refractivity contribution in [3.8, 4) is 0 Å². The summed E-state index contributed by atoms with van der Waals surface area (Å²) in [6.07, 6.45) is -4.75. The lowest BCUT2D eigenvalue weighted by Gasteiger charge is -2.29. The molecule has 6 heteroatoms. The molecule has 0 aliphatic heterocycles. The maximum absolute atomic E-state index is 12.1. The zero-order valence-corrected chi connectivity index (χ0v) is 10.7. The van der Waals surface area contributed by atoms with Gasteiger partial charge in [0.2, 0.25) is 0 Å². The molecule has 0 aromatic carbocycles. The summed E-state index contributed by atoms with van der Waals surface area (Å²) in [6, 6.07) is 0.635. The van der Waals surface area contributed by atoms with Crippen molar-refractivity contribution < 1.29 is 18.0 Å². The summed E-state index contributed by atoms with van der Waals surface area (Å²) in [4.78, 5) is 10.9. The first-order valence-corrected chi connectivity index (χ1v) is 6.78. The summed E-state index contributed by atoms with van der Waals surface area (Å²) in [5.74, 6) is -1.73. The Morgan fingerprint density at radius 2 is 1.67 bits per heavy atom. The molecule has 0 N–H and O–H groups in total. The summed E-state index contributed by atoms with van der Waals surface area (Å²) in [5, 5.41) is 0. The molecule has 0 heterocycles. The normalized spacial score (nSPS) is 13.1. The number of rotatable bonds is 2. The molecule has 0 spiro atoms. The van der Waals surface area contributed by atoms with Gasteiger partial charge in [-0.05, 0) is 11.5 Å². The predicted molar refractivity (Wildman–Crippen MR) is 54.7 cm³/mol. The Balaban J connectivity index is 4.46. The van der Waals surface area contributed by atoms with Gasteiger partial charge in [-0.15, -0.1) is 0 Å². The molecule has 1 amide bonds. The molecule has 0 aliphatic rings. The standard InChI is InChI=1S/C9H17F3NOSi/c1-8(2,3)6-15(5)13(4)7(14)9(10,11)12/h6H2,1-5H3. The van der Waals surface area contributed by atoms with Crippen LogP contribution >= 0.6 is 0 Å². The lowest BCUT2D eigenvalue weighted by Crippen LogP contribution is -2.47. The van der Waals surface area contributed by atoms with Gasteiger partial charge in [0.25, 0.3) is 0 Å². The van der Waals surface area contributed by atoms with Gasteiger partial charge >= 0.3 is 12.1 Å². The lowest BCUT2D eigenvalue weighted by molar-refractivity contribution is -0.179. The number of hydrogen-bond donors (Lipinski definition) is 0. The first kappa shape index (κ1) is 14.5. The van der Waals surface area contributed by atoms with Gasteiger partial charge in [-0.3, -0.25) is 4.79 Å². The minimum absolute atomic E-state index is 0.0524. The maximum Gasteiger partial charge on any atom is 0.470 e. The van der Waals surface area contributed by atoms with Gasteiger partial charge in [-0.1, -0.05) is 27.3 Å². The molecule has 0 bridgehead atoms. The van der Waals surface area contributed by atoms with E-state index in [9.17, 15) is 18.0 Å². The fraction of sp³-hybridized carbons (Fsp3) is 0.889. The van der Waals surface area contributed by atoms with Crippen molar-refractivity contribution in [3.63, 3.8) is 0 Å². The van der Waals surface area contributed by atoms with Crippen LogP contribution in [0.1, 0.15) is 20.8 Å². The Kier molecular flexibility index (Phi) is 4.39. The van der Waals surface area contributed by atoms with E-state index < -0.39 is 21.0 Å². The van der Waals surface area contributed by atoms with Crippen molar-refractivity contribution in [2.45, 2.75) is 39.5 Å². The van der Waals surface area contributed by atoms with E-state index in [1.165, 1.54) is 7.05 Å². The third-order valence-corrected chi connectivity index (χ3v) is 4.83. The Morgan fingerprint density at radius 1 is 1.27 bits per heavy atom. The van der Waals surface area contributed by atoms with Crippen LogP contribution in [0, 0.1) is 5.41 Å². The van der Waals surface area contributed by atoms with Crippen LogP contribution in [0.4, 0.5) is 13.2 Å². The van der Waals surface area contributed by atoms with Crippen LogP contribution in [0.25, 0.3) is 0 Å². The molecule has 0 aromatic heterocycles. The SMILES string of the molecule is CN(C(=O)C(F)(F)F)[Si](C)CC(C)(C)C. The Hall–Kier alpha value is -0.523. The van der Waals surface area contributed by atoms with E-state index in [0.29, 0.717) is 6.04 Å². The highest BCUT2D eigenvalue weighted by Crippen LogP contribution is 2.25. The second-order valence-corrected chi connectivity index (χ2v) is 7.33. The smallest absolute Gasteiger partial charge is 0.365 e. The predicted octanol–water partition coefficient (Wildman–Crippen LogP) is 2.67. The third kappa shape index (κ3) is 5.20. The van der Waals surface area contributed by atoms with E-state index in [4.69, 9.17) is 0 Å². The highest BCUT2D eigenvalue weighted by molar-refractivity contribution is 6.57. The summed E-state index contributed by atoms with van der Waals surface area (Å²) in [6.45, 7) is 7.58. The first-order valence-electron chi connectivity index (χ1n) is 4.62. The van der Waals surface area contributed by atoms with Gasteiger partial charge in [0.1, 0.15) is 0 Å². The number of alkyl halides is 3. The monoisotopic (exact) mass is 240 g/mol. The number of nitrogens with zero attached hydrogens (tertiary/aromatic N) is 1. The van der Waals surface area contributed by atoms with Crippen LogP contribution in [0.15, 0.2) is 0 Å². The quantitative estimate of drug-likeness (QED) is 0.680. The minimum Gasteiger partial charge on any atom is -0.365 e. The second kappa shape index (κ2) is 4.55. The molecule has 0 unspecified atom stereocenters. The largest absolute Gasteiger partial charge is 0.470 e. The van der Waals surface area contributed by atoms with E-state index in [0.717, 1.165) is 4.57 Å². The van der Waals surface area contributed by atoms with Crippen molar-refractivity contribution in [1.82, 2.24) is 4.57 Å². The third-order valence-electron chi connectivity index (χ3n) is 1.91. The Bertz CT molecular complexity index is 234. The fourth-order valence-electron chi connectivity index (χ4n) is 1.25. The van der Waals surface area contributed by atoms with E-state index in [1.54, 1.807) is 6.55 Å². The maximum atomic E-state index is 12.1. The average Bonchev–Trinajstić information content (AvgIpc) is 1.96. The Labute approximate surface area is 90.1 Å². The Morgan fingerprint density at radius 3 is 1.93 bits per heavy atom. The van der Waals surface area contributed by atoms with Crippen molar-refractivity contribution >= 4 is 14.9 Å². The molecule has 2 nitrogen and oxygen atoms in total. The summed E-state index contributed by atoms with van der Waals surface area (Å²) < 4.78 is 37.2. The molecule has 0 rings (SSSR count). The number of halogens is 3.